The summed E-state index contributed by atoms with van der Waals surface area (Å²) >= 11 is 0. The molecule has 1 aromatic heterocycles. The van der Waals surface area contributed by atoms with E-state index in [1.54, 1.807) is 13.1 Å². The van der Waals surface area contributed by atoms with Crippen molar-refractivity contribution in [2.75, 3.05) is 5.32 Å². The normalized spacial score (nSPS) is 11.9. The quantitative estimate of drug-likeness (QED) is 0.779. The number of halogens is 1. The molecule has 0 radical (unpaired) electrons. The summed E-state index contributed by atoms with van der Waals surface area (Å²) in [6.45, 7) is 1.80. The Balaban J connectivity index is 0.00000144. The lowest BCUT2D eigenvalue weighted by Crippen LogP contribution is -2.23. The lowest BCUT2D eigenvalue weighted by molar-refractivity contribution is -0.116. The Morgan fingerprint density at radius 2 is 2.35 bits per heavy atom. The smallest absolute Gasteiger partial charge is 0.225 e. The molecule has 0 bridgehead atoms. The minimum absolute atomic E-state index is 0. The molecule has 0 spiro atoms. The van der Waals surface area contributed by atoms with E-state index in [-0.39, 0.29) is 24.4 Å². The Bertz CT molecular complexity index is 509. The molecule has 0 saturated heterocycles. The average molecular weight is 255 g/mol. The molecule has 0 aliphatic heterocycles. The SMILES string of the molecule is CC(N)CC(=O)Nc1ccc2[nH]ncc2c1.Cl. The van der Waals surface area contributed by atoms with Crippen molar-refractivity contribution < 1.29 is 4.79 Å². The number of fused-ring (bicyclic) bond motifs is 1. The standard InChI is InChI=1S/C11H14N4O.ClH/c1-7(12)4-11(16)14-9-2-3-10-8(5-9)6-13-15-10;/h2-3,5-7H,4,12H2,1H3,(H,13,15)(H,14,16);1H. The van der Waals surface area contributed by atoms with Gasteiger partial charge in [-0.1, -0.05) is 0 Å². The van der Waals surface area contributed by atoms with Crippen LogP contribution in [0.2, 0.25) is 0 Å². The number of hydrogen-bond donors (Lipinski definition) is 3. The van der Waals surface area contributed by atoms with Crippen LogP contribution in [-0.2, 0) is 4.79 Å². The molecule has 17 heavy (non-hydrogen) atoms. The molecule has 2 rings (SSSR count). The van der Waals surface area contributed by atoms with Crippen molar-refractivity contribution in [1.82, 2.24) is 10.2 Å². The first-order valence-electron chi connectivity index (χ1n) is 5.14. The molecule has 0 fully saturated rings. The summed E-state index contributed by atoms with van der Waals surface area (Å²) in [6, 6.07) is 5.46. The van der Waals surface area contributed by atoms with Crippen LogP contribution < -0.4 is 11.1 Å². The Hall–Kier alpha value is -1.59. The third-order valence-corrected chi connectivity index (χ3v) is 2.23. The highest BCUT2D eigenvalue weighted by Crippen LogP contribution is 2.16. The van der Waals surface area contributed by atoms with Gasteiger partial charge in [-0.3, -0.25) is 9.89 Å². The molecular weight excluding hydrogens is 240 g/mol. The van der Waals surface area contributed by atoms with Gasteiger partial charge < -0.3 is 11.1 Å². The van der Waals surface area contributed by atoms with Crippen molar-refractivity contribution in [2.45, 2.75) is 19.4 Å². The number of nitrogens with zero attached hydrogens (tertiary/aromatic N) is 1. The van der Waals surface area contributed by atoms with Gasteiger partial charge in [0.1, 0.15) is 0 Å². The molecule has 5 nitrogen and oxygen atoms in total. The molecule has 1 amide bonds. The van der Waals surface area contributed by atoms with Gasteiger partial charge >= 0.3 is 0 Å². The van der Waals surface area contributed by atoms with Crippen molar-refractivity contribution >= 4 is 34.9 Å². The number of nitrogens with two attached hydrogens (primary N) is 1. The molecule has 92 valence electrons. The number of benzene rings is 1. The third-order valence-electron chi connectivity index (χ3n) is 2.23. The summed E-state index contributed by atoms with van der Waals surface area (Å²) in [5.74, 6) is -0.0714. The van der Waals surface area contributed by atoms with Crippen molar-refractivity contribution in [1.29, 1.82) is 0 Å². The highest BCUT2D eigenvalue weighted by molar-refractivity contribution is 5.93. The fourth-order valence-corrected chi connectivity index (χ4v) is 1.52. The van der Waals surface area contributed by atoms with E-state index in [4.69, 9.17) is 5.73 Å². The number of amides is 1. The van der Waals surface area contributed by atoms with Gasteiger partial charge in [-0.15, -0.1) is 12.4 Å². The van der Waals surface area contributed by atoms with Crippen LogP contribution in [0.3, 0.4) is 0 Å². The minimum atomic E-state index is -0.127. The molecule has 0 aliphatic carbocycles. The van der Waals surface area contributed by atoms with Crippen LogP contribution in [0.15, 0.2) is 24.4 Å². The molecule has 1 aromatic carbocycles. The predicted molar refractivity (Wildman–Crippen MR) is 70.2 cm³/mol. The number of H-pyrrole nitrogens is 1. The Labute approximate surface area is 105 Å². The fourth-order valence-electron chi connectivity index (χ4n) is 1.52. The van der Waals surface area contributed by atoms with Gasteiger partial charge in [0, 0.05) is 23.5 Å². The molecule has 1 atom stereocenters. The van der Waals surface area contributed by atoms with E-state index in [1.165, 1.54) is 0 Å². The minimum Gasteiger partial charge on any atom is -0.327 e. The second kappa shape index (κ2) is 5.65. The molecule has 2 aromatic rings. The summed E-state index contributed by atoms with van der Waals surface area (Å²) in [7, 11) is 0. The van der Waals surface area contributed by atoms with Crippen molar-refractivity contribution in [3.8, 4) is 0 Å². The maximum atomic E-state index is 11.5. The van der Waals surface area contributed by atoms with Crippen LogP contribution in [0.5, 0.6) is 0 Å². The first-order valence-corrected chi connectivity index (χ1v) is 5.14. The van der Waals surface area contributed by atoms with Crippen LogP contribution in [0.25, 0.3) is 10.9 Å². The zero-order chi connectivity index (χ0) is 11.5. The lowest BCUT2D eigenvalue weighted by atomic mass is 10.2. The van der Waals surface area contributed by atoms with Crippen LogP contribution in [0.1, 0.15) is 13.3 Å². The average Bonchev–Trinajstić information content (AvgIpc) is 2.63. The maximum absolute atomic E-state index is 11.5. The summed E-state index contributed by atoms with van der Waals surface area (Å²) in [5, 5.41) is 10.5. The molecule has 0 aliphatic rings. The number of aromatic amines is 1. The molecule has 0 saturated carbocycles. The highest BCUT2D eigenvalue weighted by Gasteiger charge is 2.06. The monoisotopic (exact) mass is 254 g/mol. The zero-order valence-electron chi connectivity index (χ0n) is 9.43. The summed E-state index contributed by atoms with van der Waals surface area (Å²) in [6.07, 6.45) is 2.04. The lowest BCUT2D eigenvalue weighted by Gasteiger charge is -2.06. The summed E-state index contributed by atoms with van der Waals surface area (Å²) in [4.78, 5) is 11.5. The number of carbonyl (C=O) groups excluding carboxylic acids is 1. The van der Waals surface area contributed by atoms with Gasteiger partial charge in [0.25, 0.3) is 0 Å². The number of hydrogen-bond acceptors (Lipinski definition) is 3. The van der Waals surface area contributed by atoms with Crippen LogP contribution in [-0.4, -0.2) is 22.1 Å². The van der Waals surface area contributed by atoms with Crippen LogP contribution in [0.4, 0.5) is 5.69 Å². The van der Waals surface area contributed by atoms with E-state index in [0.717, 1.165) is 16.6 Å². The highest BCUT2D eigenvalue weighted by atomic mass is 35.5. The molecule has 1 heterocycles. The maximum Gasteiger partial charge on any atom is 0.225 e. The van der Waals surface area contributed by atoms with Gasteiger partial charge in [0.15, 0.2) is 0 Å². The second-order valence-corrected chi connectivity index (χ2v) is 3.90. The first-order chi connectivity index (χ1) is 7.65. The first kappa shape index (κ1) is 13.5. The largest absolute Gasteiger partial charge is 0.327 e. The van der Waals surface area contributed by atoms with Gasteiger partial charge in [0.2, 0.25) is 5.91 Å². The molecule has 4 N–H and O–H groups in total. The molecule has 6 heteroatoms. The van der Waals surface area contributed by atoms with E-state index in [9.17, 15) is 4.79 Å². The topological polar surface area (TPSA) is 83.8 Å². The predicted octanol–water partition coefficient (Wildman–Crippen LogP) is 1.66. The van der Waals surface area contributed by atoms with E-state index in [2.05, 4.69) is 15.5 Å². The number of rotatable bonds is 3. The number of aromatic nitrogens is 2. The van der Waals surface area contributed by atoms with Crippen LogP contribution in [0, 0.1) is 0 Å². The van der Waals surface area contributed by atoms with Crippen molar-refractivity contribution in [3.63, 3.8) is 0 Å². The summed E-state index contributed by atoms with van der Waals surface area (Å²) in [5.41, 5.74) is 7.26. The Kier molecular flexibility index (Phi) is 4.48. The van der Waals surface area contributed by atoms with Gasteiger partial charge in [-0.2, -0.15) is 5.10 Å². The number of carbonyl (C=O) groups is 1. The van der Waals surface area contributed by atoms with Crippen molar-refractivity contribution in [3.05, 3.63) is 24.4 Å². The van der Waals surface area contributed by atoms with Gasteiger partial charge in [-0.25, -0.2) is 0 Å². The van der Waals surface area contributed by atoms with E-state index in [1.807, 2.05) is 18.2 Å². The van der Waals surface area contributed by atoms with Crippen LogP contribution >= 0.6 is 12.4 Å². The molecular formula is C11H15ClN4O. The van der Waals surface area contributed by atoms with E-state index < -0.39 is 0 Å². The number of anilines is 1. The summed E-state index contributed by atoms with van der Waals surface area (Å²) < 4.78 is 0. The molecule has 1 unspecified atom stereocenters. The van der Waals surface area contributed by atoms with E-state index in [0.29, 0.717) is 6.42 Å². The van der Waals surface area contributed by atoms with Gasteiger partial charge in [-0.05, 0) is 25.1 Å². The third kappa shape index (κ3) is 3.44. The van der Waals surface area contributed by atoms with Crippen molar-refractivity contribution in [2.24, 2.45) is 5.73 Å². The van der Waals surface area contributed by atoms with E-state index >= 15 is 0 Å². The fraction of sp³-hybridized carbons (Fsp3) is 0.273. The van der Waals surface area contributed by atoms with Gasteiger partial charge in [0.05, 0.1) is 11.7 Å². The number of nitrogens with one attached hydrogen (secondary N) is 2. The Morgan fingerprint density at radius 1 is 1.59 bits per heavy atom. The Morgan fingerprint density at radius 3 is 3.06 bits per heavy atom. The second-order valence-electron chi connectivity index (χ2n) is 3.90. The zero-order valence-corrected chi connectivity index (χ0v) is 10.3.